The molecule has 8 heteroatoms. The van der Waals surface area contributed by atoms with Crippen LogP contribution >= 0.6 is 23.1 Å². The Morgan fingerprint density at radius 2 is 2.38 bits per heavy atom. The van der Waals surface area contributed by atoms with E-state index < -0.39 is 6.10 Å². The molecule has 128 valence electrons. The summed E-state index contributed by atoms with van der Waals surface area (Å²) < 4.78 is 0. The SMILES string of the molecule is O=C(CSc1ccccn1)N[C@@H]1CCN(Cc2cscn2)C[C@H]1O. The summed E-state index contributed by atoms with van der Waals surface area (Å²) in [5.74, 6) is 0.241. The summed E-state index contributed by atoms with van der Waals surface area (Å²) in [5.41, 5.74) is 2.85. The number of thioether (sulfide) groups is 1. The fourth-order valence-corrected chi connectivity index (χ4v) is 3.90. The van der Waals surface area contributed by atoms with Gasteiger partial charge in [0.25, 0.3) is 0 Å². The highest BCUT2D eigenvalue weighted by atomic mass is 32.2. The summed E-state index contributed by atoms with van der Waals surface area (Å²) in [7, 11) is 0. The molecule has 3 rings (SSSR count). The van der Waals surface area contributed by atoms with Gasteiger partial charge in [-0.15, -0.1) is 11.3 Å². The molecule has 0 unspecified atom stereocenters. The minimum Gasteiger partial charge on any atom is -0.390 e. The molecule has 2 aromatic heterocycles. The van der Waals surface area contributed by atoms with E-state index in [9.17, 15) is 9.90 Å². The molecular formula is C16H20N4O2S2. The summed E-state index contributed by atoms with van der Waals surface area (Å²) in [6.45, 7) is 2.14. The number of piperidine rings is 1. The smallest absolute Gasteiger partial charge is 0.230 e. The van der Waals surface area contributed by atoms with Crippen molar-refractivity contribution in [3.8, 4) is 0 Å². The first kappa shape index (κ1) is 17.3. The van der Waals surface area contributed by atoms with Crippen molar-refractivity contribution in [3.05, 3.63) is 41.0 Å². The highest BCUT2D eigenvalue weighted by molar-refractivity contribution is 7.99. The maximum absolute atomic E-state index is 12.1. The molecule has 1 aliphatic heterocycles. The molecule has 1 saturated heterocycles. The lowest BCUT2D eigenvalue weighted by Gasteiger charge is -2.35. The van der Waals surface area contributed by atoms with E-state index in [0.717, 1.165) is 30.2 Å². The molecule has 24 heavy (non-hydrogen) atoms. The first-order valence-corrected chi connectivity index (χ1v) is 9.74. The van der Waals surface area contributed by atoms with E-state index in [1.165, 1.54) is 11.8 Å². The fourth-order valence-electron chi connectivity index (χ4n) is 2.67. The minimum absolute atomic E-state index is 0.0670. The van der Waals surface area contributed by atoms with Crippen LogP contribution in [0.5, 0.6) is 0 Å². The molecule has 2 atom stereocenters. The molecule has 1 fully saturated rings. The van der Waals surface area contributed by atoms with Gasteiger partial charge in [-0.3, -0.25) is 9.69 Å². The fraction of sp³-hybridized carbons (Fsp3) is 0.438. The van der Waals surface area contributed by atoms with Crippen LogP contribution in [-0.4, -0.2) is 56.9 Å². The van der Waals surface area contributed by atoms with E-state index in [0.29, 0.717) is 12.3 Å². The number of carbonyl (C=O) groups excluding carboxylic acids is 1. The Kier molecular flexibility index (Phi) is 6.19. The number of nitrogens with one attached hydrogen (secondary N) is 1. The zero-order chi connectivity index (χ0) is 16.8. The standard InChI is InChI=1S/C16H20N4O2S2/c21-14-8-20(7-12-9-23-11-18-12)6-4-13(14)19-15(22)10-24-16-3-1-2-5-17-16/h1-3,5,9,11,13-14,21H,4,6-8,10H2,(H,19,22)/t13-,14-/m1/s1. The van der Waals surface area contributed by atoms with Crippen molar-refractivity contribution >= 4 is 29.0 Å². The Bertz CT molecular complexity index is 639. The van der Waals surface area contributed by atoms with Crippen LogP contribution in [0.3, 0.4) is 0 Å². The molecule has 0 spiro atoms. The second-order valence-corrected chi connectivity index (χ2v) is 7.42. The average molecular weight is 364 g/mol. The minimum atomic E-state index is -0.554. The number of β-amino-alcohol motifs (C(OH)–C–C–N with tert-alkyl or cyclic N) is 1. The van der Waals surface area contributed by atoms with Gasteiger partial charge in [0.1, 0.15) is 0 Å². The number of aromatic nitrogens is 2. The molecule has 1 amide bonds. The summed E-state index contributed by atoms with van der Waals surface area (Å²) in [5, 5.41) is 16.1. The Hall–Kier alpha value is -1.48. The number of amides is 1. The van der Waals surface area contributed by atoms with E-state index in [2.05, 4.69) is 20.2 Å². The molecule has 0 aliphatic carbocycles. The van der Waals surface area contributed by atoms with Crippen molar-refractivity contribution in [3.63, 3.8) is 0 Å². The van der Waals surface area contributed by atoms with Crippen LogP contribution in [0.4, 0.5) is 0 Å². The predicted molar refractivity (Wildman–Crippen MR) is 94.9 cm³/mol. The molecule has 1 aliphatic rings. The summed E-state index contributed by atoms with van der Waals surface area (Å²) >= 11 is 2.98. The van der Waals surface area contributed by atoms with Gasteiger partial charge in [-0.1, -0.05) is 17.8 Å². The third-order valence-corrected chi connectivity index (χ3v) is 5.45. The zero-order valence-electron chi connectivity index (χ0n) is 13.2. The first-order valence-electron chi connectivity index (χ1n) is 7.81. The molecule has 0 radical (unpaired) electrons. The van der Waals surface area contributed by atoms with Crippen LogP contribution in [0.15, 0.2) is 40.3 Å². The molecular weight excluding hydrogens is 344 g/mol. The van der Waals surface area contributed by atoms with Gasteiger partial charge in [-0.05, 0) is 18.6 Å². The number of likely N-dealkylation sites (tertiary alicyclic amines) is 1. The van der Waals surface area contributed by atoms with Crippen molar-refractivity contribution in [1.29, 1.82) is 0 Å². The summed E-state index contributed by atoms with van der Waals surface area (Å²) in [6, 6.07) is 5.44. The lowest BCUT2D eigenvalue weighted by Crippen LogP contribution is -2.54. The molecule has 2 N–H and O–H groups in total. The summed E-state index contributed by atoms with van der Waals surface area (Å²) in [6.07, 6.45) is 1.90. The van der Waals surface area contributed by atoms with E-state index in [-0.39, 0.29) is 11.9 Å². The maximum atomic E-state index is 12.1. The van der Waals surface area contributed by atoms with Crippen LogP contribution < -0.4 is 5.32 Å². The zero-order valence-corrected chi connectivity index (χ0v) is 14.8. The van der Waals surface area contributed by atoms with Gasteiger partial charge in [0.05, 0.1) is 34.1 Å². The Morgan fingerprint density at radius 3 is 3.08 bits per heavy atom. The molecule has 0 saturated carbocycles. The Labute approximate surface area is 149 Å². The van der Waals surface area contributed by atoms with Crippen LogP contribution in [0, 0.1) is 0 Å². The monoisotopic (exact) mass is 364 g/mol. The van der Waals surface area contributed by atoms with E-state index in [4.69, 9.17) is 0 Å². The van der Waals surface area contributed by atoms with Crippen molar-refractivity contribution < 1.29 is 9.90 Å². The number of aliphatic hydroxyl groups is 1. The molecule has 2 aromatic rings. The normalized spacial score (nSPS) is 21.5. The van der Waals surface area contributed by atoms with E-state index in [1.54, 1.807) is 17.5 Å². The van der Waals surface area contributed by atoms with Crippen LogP contribution in [0.25, 0.3) is 0 Å². The number of pyridine rings is 1. The predicted octanol–water partition coefficient (Wildman–Crippen LogP) is 1.38. The van der Waals surface area contributed by atoms with Crippen molar-refractivity contribution in [1.82, 2.24) is 20.2 Å². The highest BCUT2D eigenvalue weighted by Crippen LogP contribution is 2.16. The van der Waals surface area contributed by atoms with Gasteiger partial charge in [0.15, 0.2) is 0 Å². The number of hydrogen-bond donors (Lipinski definition) is 2. The maximum Gasteiger partial charge on any atom is 0.230 e. The molecule has 0 bridgehead atoms. The molecule has 3 heterocycles. The van der Waals surface area contributed by atoms with Crippen molar-refractivity contribution in [2.75, 3.05) is 18.8 Å². The largest absolute Gasteiger partial charge is 0.390 e. The Morgan fingerprint density at radius 1 is 1.46 bits per heavy atom. The van der Waals surface area contributed by atoms with Gasteiger partial charge in [0, 0.05) is 31.2 Å². The van der Waals surface area contributed by atoms with Gasteiger partial charge in [0.2, 0.25) is 5.91 Å². The highest BCUT2D eigenvalue weighted by Gasteiger charge is 2.28. The number of aliphatic hydroxyl groups excluding tert-OH is 1. The third kappa shape index (κ3) is 5.01. The number of carbonyl (C=O) groups is 1. The third-order valence-electron chi connectivity index (χ3n) is 3.87. The van der Waals surface area contributed by atoms with Crippen LogP contribution in [0.1, 0.15) is 12.1 Å². The number of hydrogen-bond acceptors (Lipinski definition) is 7. The van der Waals surface area contributed by atoms with Crippen molar-refractivity contribution in [2.24, 2.45) is 0 Å². The van der Waals surface area contributed by atoms with Crippen molar-refractivity contribution in [2.45, 2.75) is 30.1 Å². The number of nitrogens with zero attached hydrogens (tertiary/aromatic N) is 3. The second-order valence-electron chi connectivity index (χ2n) is 5.70. The van der Waals surface area contributed by atoms with Crippen LogP contribution in [0.2, 0.25) is 0 Å². The van der Waals surface area contributed by atoms with Gasteiger partial charge < -0.3 is 10.4 Å². The lowest BCUT2D eigenvalue weighted by molar-refractivity contribution is -0.120. The topological polar surface area (TPSA) is 78.4 Å². The molecule has 0 aromatic carbocycles. The average Bonchev–Trinajstić information content (AvgIpc) is 3.09. The van der Waals surface area contributed by atoms with Crippen LogP contribution in [-0.2, 0) is 11.3 Å². The Balaban J connectivity index is 1.42. The summed E-state index contributed by atoms with van der Waals surface area (Å²) in [4.78, 5) is 22.7. The van der Waals surface area contributed by atoms with E-state index in [1.807, 2.05) is 29.1 Å². The van der Waals surface area contributed by atoms with Gasteiger partial charge >= 0.3 is 0 Å². The lowest BCUT2D eigenvalue weighted by atomic mass is 10.0. The molecule has 6 nitrogen and oxygen atoms in total. The second kappa shape index (κ2) is 8.57. The number of rotatable bonds is 6. The van der Waals surface area contributed by atoms with E-state index >= 15 is 0 Å². The quantitative estimate of drug-likeness (QED) is 0.754. The van der Waals surface area contributed by atoms with Gasteiger partial charge in [-0.2, -0.15) is 0 Å². The van der Waals surface area contributed by atoms with Gasteiger partial charge in [-0.25, -0.2) is 9.97 Å². The number of thiazole rings is 1. The first-order chi connectivity index (χ1) is 11.7.